The maximum Gasteiger partial charge on any atom is 0.221 e. The molecular weight excluding hydrogens is 260 g/mol. The fourth-order valence-electron chi connectivity index (χ4n) is 3.35. The highest BCUT2D eigenvalue weighted by atomic mass is 16.1. The molecule has 0 bridgehead atoms. The van der Waals surface area contributed by atoms with Gasteiger partial charge in [0, 0.05) is 18.7 Å². The van der Waals surface area contributed by atoms with Gasteiger partial charge in [0.05, 0.1) is 0 Å². The standard InChI is InChI=1S/C18H28N2O/c1-12(19-11-16-17(3,4)18(16,5)6)14-8-7-9-15(10-14)20-13(2)21/h7-10,12,16,19H,11H2,1-6H3,(H,20,21). The molecule has 0 radical (unpaired) electrons. The van der Waals surface area contributed by atoms with E-state index in [1.807, 2.05) is 18.2 Å². The van der Waals surface area contributed by atoms with Gasteiger partial charge >= 0.3 is 0 Å². The molecule has 1 saturated carbocycles. The van der Waals surface area contributed by atoms with Crippen LogP contribution in [0.4, 0.5) is 5.69 Å². The molecule has 1 aromatic carbocycles. The summed E-state index contributed by atoms with van der Waals surface area (Å²) in [5.41, 5.74) is 2.90. The predicted molar refractivity (Wildman–Crippen MR) is 88.2 cm³/mol. The molecule has 1 aromatic rings. The second-order valence-electron chi connectivity index (χ2n) is 7.43. The maximum absolute atomic E-state index is 11.1. The Kier molecular flexibility index (Phi) is 4.16. The van der Waals surface area contributed by atoms with Gasteiger partial charge in [-0.05, 0) is 47.9 Å². The van der Waals surface area contributed by atoms with Crippen LogP contribution >= 0.6 is 0 Å². The zero-order chi connectivity index (χ0) is 15.8. The molecule has 1 fully saturated rings. The SMILES string of the molecule is CC(=O)Nc1cccc(C(C)NCC2C(C)(C)C2(C)C)c1. The van der Waals surface area contributed by atoms with Crippen molar-refractivity contribution < 1.29 is 4.79 Å². The third-order valence-corrected chi connectivity index (χ3v) is 5.65. The largest absolute Gasteiger partial charge is 0.326 e. The molecule has 116 valence electrons. The summed E-state index contributed by atoms with van der Waals surface area (Å²) in [5, 5.41) is 6.48. The van der Waals surface area contributed by atoms with E-state index in [2.05, 4.69) is 51.3 Å². The summed E-state index contributed by atoms with van der Waals surface area (Å²) >= 11 is 0. The van der Waals surface area contributed by atoms with Crippen molar-refractivity contribution in [2.24, 2.45) is 16.7 Å². The summed E-state index contributed by atoms with van der Waals surface area (Å²) in [7, 11) is 0. The number of carbonyl (C=O) groups is 1. The van der Waals surface area contributed by atoms with Crippen molar-refractivity contribution in [2.75, 3.05) is 11.9 Å². The van der Waals surface area contributed by atoms with Crippen LogP contribution in [0, 0.1) is 16.7 Å². The van der Waals surface area contributed by atoms with Crippen LogP contribution in [0.2, 0.25) is 0 Å². The Labute approximate surface area is 128 Å². The second-order valence-corrected chi connectivity index (χ2v) is 7.43. The third kappa shape index (κ3) is 3.13. The topological polar surface area (TPSA) is 41.1 Å². The normalized spacial score (nSPS) is 20.9. The minimum atomic E-state index is -0.0331. The smallest absolute Gasteiger partial charge is 0.221 e. The van der Waals surface area contributed by atoms with Gasteiger partial charge in [0.1, 0.15) is 0 Å². The number of carbonyl (C=O) groups excluding carboxylic acids is 1. The van der Waals surface area contributed by atoms with E-state index in [4.69, 9.17) is 0 Å². The van der Waals surface area contributed by atoms with Gasteiger partial charge in [-0.1, -0.05) is 39.8 Å². The Balaban J connectivity index is 1.95. The minimum Gasteiger partial charge on any atom is -0.326 e. The van der Waals surface area contributed by atoms with E-state index in [0.29, 0.717) is 16.7 Å². The first-order chi connectivity index (χ1) is 9.66. The summed E-state index contributed by atoms with van der Waals surface area (Å²) < 4.78 is 0. The maximum atomic E-state index is 11.1. The number of rotatable bonds is 5. The lowest BCUT2D eigenvalue weighted by Crippen LogP contribution is -2.23. The van der Waals surface area contributed by atoms with Gasteiger partial charge in [0.15, 0.2) is 0 Å². The molecule has 1 aliphatic carbocycles. The molecule has 1 aliphatic rings. The van der Waals surface area contributed by atoms with Gasteiger partial charge in [-0.15, -0.1) is 0 Å². The number of amides is 1. The lowest BCUT2D eigenvalue weighted by molar-refractivity contribution is -0.114. The highest BCUT2D eigenvalue weighted by Gasteiger charge is 2.63. The van der Waals surface area contributed by atoms with Crippen molar-refractivity contribution in [1.82, 2.24) is 5.32 Å². The fraction of sp³-hybridized carbons (Fsp3) is 0.611. The van der Waals surface area contributed by atoms with Gasteiger partial charge in [0.2, 0.25) is 5.91 Å². The molecule has 1 atom stereocenters. The van der Waals surface area contributed by atoms with Crippen LogP contribution in [-0.2, 0) is 4.79 Å². The van der Waals surface area contributed by atoms with Crippen molar-refractivity contribution >= 4 is 11.6 Å². The van der Waals surface area contributed by atoms with Crippen LogP contribution in [-0.4, -0.2) is 12.5 Å². The van der Waals surface area contributed by atoms with E-state index in [1.54, 1.807) is 0 Å². The number of nitrogens with one attached hydrogen (secondary N) is 2. The lowest BCUT2D eigenvalue weighted by atomic mass is 10.0. The first-order valence-electron chi connectivity index (χ1n) is 7.77. The number of benzene rings is 1. The summed E-state index contributed by atoms with van der Waals surface area (Å²) in [6.07, 6.45) is 0. The molecule has 2 rings (SSSR count). The van der Waals surface area contributed by atoms with Crippen molar-refractivity contribution in [2.45, 2.75) is 47.6 Å². The molecule has 0 aromatic heterocycles. The first-order valence-corrected chi connectivity index (χ1v) is 7.77. The number of hydrogen-bond donors (Lipinski definition) is 2. The molecule has 21 heavy (non-hydrogen) atoms. The molecule has 0 aliphatic heterocycles. The summed E-state index contributed by atoms with van der Waals surface area (Å²) in [4.78, 5) is 11.1. The zero-order valence-electron chi connectivity index (χ0n) is 14.1. The van der Waals surface area contributed by atoms with Crippen LogP contribution in [0.3, 0.4) is 0 Å². The highest BCUT2D eigenvalue weighted by molar-refractivity contribution is 5.88. The lowest BCUT2D eigenvalue weighted by Gasteiger charge is -2.16. The van der Waals surface area contributed by atoms with Gasteiger partial charge in [0.25, 0.3) is 0 Å². The third-order valence-electron chi connectivity index (χ3n) is 5.65. The Hall–Kier alpha value is -1.35. The Bertz CT molecular complexity index is 520. The van der Waals surface area contributed by atoms with E-state index < -0.39 is 0 Å². The van der Waals surface area contributed by atoms with Crippen molar-refractivity contribution in [3.05, 3.63) is 29.8 Å². The summed E-state index contributed by atoms with van der Waals surface area (Å²) in [6, 6.07) is 8.34. The van der Waals surface area contributed by atoms with Gasteiger partial charge in [-0.2, -0.15) is 0 Å². The Morgan fingerprint density at radius 2 is 1.86 bits per heavy atom. The van der Waals surface area contributed by atoms with Crippen LogP contribution in [0.15, 0.2) is 24.3 Å². The molecule has 2 N–H and O–H groups in total. The molecule has 0 heterocycles. The van der Waals surface area contributed by atoms with E-state index in [0.717, 1.165) is 12.2 Å². The van der Waals surface area contributed by atoms with E-state index in [9.17, 15) is 4.79 Å². The summed E-state index contributed by atoms with van der Waals surface area (Å²) in [6.45, 7) is 14.1. The molecule has 3 heteroatoms. The molecule has 1 amide bonds. The van der Waals surface area contributed by atoms with Crippen molar-refractivity contribution in [3.8, 4) is 0 Å². The molecule has 0 spiro atoms. The van der Waals surface area contributed by atoms with E-state index in [1.165, 1.54) is 12.5 Å². The molecule has 0 saturated heterocycles. The molecule has 3 nitrogen and oxygen atoms in total. The van der Waals surface area contributed by atoms with E-state index >= 15 is 0 Å². The Morgan fingerprint density at radius 1 is 1.24 bits per heavy atom. The van der Waals surface area contributed by atoms with Crippen LogP contribution in [0.25, 0.3) is 0 Å². The van der Waals surface area contributed by atoms with Crippen molar-refractivity contribution in [3.63, 3.8) is 0 Å². The molecule has 1 unspecified atom stereocenters. The fourth-order valence-corrected chi connectivity index (χ4v) is 3.35. The average molecular weight is 288 g/mol. The number of anilines is 1. The van der Waals surface area contributed by atoms with Gasteiger partial charge in [-0.25, -0.2) is 0 Å². The van der Waals surface area contributed by atoms with Crippen LogP contribution < -0.4 is 10.6 Å². The van der Waals surface area contributed by atoms with Crippen LogP contribution in [0.5, 0.6) is 0 Å². The second kappa shape index (κ2) is 5.45. The molecular formula is C18H28N2O. The average Bonchev–Trinajstić information content (AvgIpc) is 2.76. The van der Waals surface area contributed by atoms with E-state index in [-0.39, 0.29) is 11.9 Å². The van der Waals surface area contributed by atoms with Crippen LogP contribution in [0.1, 0.15) is 53.1 Å². The quantitative estimate of drug-likeness (QED) is 0.860. The monoisotopic (exact) mass is 288 g/mol. The predicted octanol–water partition coefficient (Wildman–Crippen LogP) is 3.98. The van der Waals surface area contributed by atoms with Gasteiger partial charge < -0.3 is 10.6 Å². The Morgan fingerprint density at radius 3 is 2.38 bits per heavy atom. The minimum absolute atomic E-state index is 0.0331. The number of hydrogen-bond acceptors (Lipinski definition) is 2. The van der Waals surface area contributed by atoms with Gasteiger partial charge in [-0.3, -0.25) is 4.79 Å². The summed E-state index contributed by atoms with van der Waals surface area (Å²) in [5.74, 6) is 0.681. The van der Waals surface area contributed by atoms with Crippen molar-refractivity contribution in [1.29, 1.82) is 0 Å². The zero-order valence-corrected chi connectivity index (χ0v) is 14.1. The highest BCUT2D eigenvalue weighted by Crippen LogP contribution is 2.68. The first kappa shape index (κ1) is 16.0.